The van der Waals surface area contributed by atoms with Gasteiger partial charge in [0, 0.05) is 6.20 Å². The van der Waals surface area contributed by atoms with Crippen molar-refractivity contribution >= 4 is 5.97 Å². The molecule has 0 radical (unpaired) electrons. The van der Waals surface area contributed by atoms with Gasteiger partial charge in [-0.1, -0.05) is 24.3 Å². The maximum Gasteiger partial charge on any atom is 0.361 e. The molecule has 22 heavy (non-hydrogen) atoms. The van der Waals surface area contributed by atoms with Crippen molar-refractivity contribution in [3.8, 4) is 17.1 Å². The van der Waals surface area contributed by atoms with Crippen LogP contribution >= 0.6 is 0 Å². The van der Waals surface area contributed by atoms with E-state index in [4.69, 9.17) is 4.74 Å². The maximum atomic E-state index is 12.1. The van der Waals surface area contributed by atoms with Gasteiger partial charge in [-0.2, -0.15) is 4.80 Å². The zero-order chi connectivity index (χ0) is 15.4. The van der Waals surface area contributed by atoms with Crippen molar-refractivity contribution in [1.29, 1.82) is 0 Å². The number of pyridine rings is 1. The zero-order valence-electron chi connectivity index (χ0n) is 12.0. The number of ether oxygens (including phenoxy) is 1. The Morgan fingerprint density at radius 1 is 1.09 bits per heavy atom. The average Bonchev–Trinajstić information content (AvgIpc) is 3.02. The summed E-state index contributed by atoms with van der Waals surface area (Å²) in [7, 11) is 0. The van der Waals surface area contributed by atoms with Crippen LogP contribution in [0.15, 0.2) is 54.7 Å². The first-order chi connectivity index (χ1) is 10.8. The van der Waals surface area contributed by atoms with Crippen LogP contribution in [-0.2, 0) is 4.74 Å². The van der Waals surface area contributed by atoms with Crippen LogP contribution in [0.3, 0.4) is 0 Å². The predicted molar refractivity (Wildman–Crippen MR) is 80.5 cm³/mol. The van der Waals surface area contributed by atoms with Crippen LogP contribution in [0.5, 0.6) is 0 Å². The Morgan fingerprint density at radius 2 is 1.86 bits per heavy atom. The lowest BCUT2D eigenvalue weighted by atomic mass is 10.2. The van der Waals surface area contributed by atoms with Crippen LogP contribution in [0.4, 0.5) is 0 Å². The van der Waals surface area contributed by atoms with Crippen molar-refractivity contribution in [2.45, 2.75) is 6.92 Å². The van der Waals surface area contributed by atoms with Gasteiger partial charge in [0.15, 0.2) is 0 Å². The van der Waals surface area contributed by atoms with Crippen LogP contribution in [0, 0.1) is 0 Å². The molecule has 2 aromatic heterocycles. The van der Waals surface area contributed by atoms with Crippen molar-refractivity contribution in [1.82, 2.24) is 20.0 Å². The van der Waals surface area contributed by atoms with E-state index in [2.05, 4.69) is 15.2 Å². The molecule has 0 bridgehead atoms. The third-order valence-corrected chi connectivity index (χ3v) is 2.98. The molecule has 3 rings (SSSR count). The molecule has 0 N–H and O–H groups in total. The summed E-state index contributed by atoms with van der Waals surface area (Å²) in [5.41, 5.74) is 1.90. The Morgan fingerprint density at radius 3 is 2.55 bits per heavy atom. The molecule has 0 fully saturated rings. The van der Waals surface area contributed by atoms with E-state index in [-0.39, 0.29) is 12.3 Å². The molecule has 110 valence electrons. The van der Waals surface area contributed by atoms with Crippen LogP contribution in [0.25, 0.3) is 17.1 Å². The molecule has 0 spiro atoms. The van der Waals surface area contributed by atoms with Crippen LogP contribution < -0.4 is 0 Å². The fourth-order valence-electron chi connectivity index (χ4n) is 2.00. The van der Waals surface area contributed by atoms with E-state index in [0.29, 0.717) is 11.4 Å². The minimum Gasteiger partial charge on any atom is -0.461 e. The van der Waals surface area contributed by atoms with E-state index in [1.165, 1.54) is 4.80 Å². The summed E-state index contributed by atoms with van der Waals surface area (Å²) in [5, 5.41) is 8.66. The number of para-hydroxylation sites is 1. The number of rotatable bonds is 4. The van der Waals surface area contributed by atoms with E-state index >= 15 is 0 Å². The van der Waals surface area contributed by atoms with Crippen molar-refractivity contribution in [3.63, 3.8) is 0 Å². The van der Waals surface area contributed by atoms with Crippen molar-refractivity contribution in [3.05, 3.63) is 60.4 Å². The van der Waals surface area contributed by atoms with E-state index in [1.807, 2.05) is 36.4 Å². The lowest BCUT2D eigenvalue weighted by Crippen LogP contribution is -2.08. The number of aromatic nitrogens is 4. The molecule has 0 amide bonds. The van der Waals surface area contributed by atoms with Gasteiger partial charge >= 0.3 is 5.97 Å². The normalized spacial score (nSPS) is 10.4. The largest absolute Gasteiger partial charge is 0.461 e. The van der Waals surface area contributed by atoms with E-state index in [1.54, 1.807) is 25.3 Å². The second-order valence-electron chi connectivity index (χ2n) is 4.46. The SMILES string of the molecule is CCOC(=O)c1nn(-c2ccccc2)nc1-c1ccccn1. The number of carbonyl (C=O) groups excluding carboxylic acids is 1. The quantitative estimate of drug-likeness (QED) is 0.691. The summed E-state index contributed by atoms with van der Waals surface area (Å²) in [6.45, 7) is 2.03. The second kappa shape index (κ2) is 6.17. The topological polar surface area (TPSA) is 69.9 Å². The number of hydrogen-bond acceptors (Lipinski definition) is 5. The summed E-state index contributed by atoms with van der Waals surface area (Å²) in [4.78, 5) is 17.8. The molecule has 3 aromatic rings. The molecule has 1 aromatic carbocycles. The van der Waals surface area contributed by atoms with Gasteiger partial charge in [-0.25, -0.2) is 4.79 Å². The van der Waals surface area contributed by atoms with E-state index in [0.717, 1.165) is 5.69 Å². The monoisotopic (exact) mass is 294 g/mol. The molecule has 0 saturated carbocycles. The number of esters is 1. The maximum absolute atomic E-state index is 12.1. The average molecular weight is 294 g/mol. The highest BCUT2D eigenvalue weighted by Crippen LogP contribution is 2.20. The number of carbonyl (C=O) groups is 1. The number of nitrogens with zero attached hydrogens (tertiary/aromatic N) is 4. The van der Waals surface area contributed by atoms with Gasteiger partial charge in [0.1, 0.15) is 5.69 Å². The minimum absolute atomic E-state index is 0.157. The zero-order valence-corrected chi connectivity index (χ0v) is 12.0. The smallest absolute Gasteiger partial charge is 0.361 e. The van der Waals surface area contributed by atoms with Crippen molar-refractivity contribution in [2.75, 3.05) is 6.61 Å². The molecule has 0 aliphatic rings. The van der Waals surface area contributed by atoms with Gasteiger partial charge in [-0.15, -0.1) is 10.2 Å². The molecule has 0 unspecified atom stereocenters. The molecular weight excluding hydrogens is 280 g/mol. The second-order valence-corrected chi connectivity index (χ2v) is 4.46. The summed E-state index contributed by atoms with van der Waals surface area (Å²) in [6.07, 6.45) is 1.64. The first-order valence-electron chi connectivity index (χ1n) is 6.91. The third kappa shape index (κ3) is 2.71. The van der Waals surface area contributed by atoms with Gasteiger partial charge in [-0.3, -0.25) is 4.98 Å². The number of benzene rings is 1. The van der Waals surface area contributed by atoms with E-state index < -0.39 is 5.97 Å². The molecule has 6 heteroatoms. The fraction of sp³-hybridized carbons (Fsp3) is 0.125. The van der Waals surface area contributed by atoms with Gasteiger partial charge in [-0.05, 0) is 31.2 Å². The molecule has 6 nitrogen and oxygen atoms in total. The summed E-state index contributed by atoms with van der Waals surface area (Å²) < 4.78 is 5.06. The third-order valence-electron chi connectivity index (χ3n) is 2.98. The Labute approximate surface area is 127 Å². The highest BCUT2D eigenvalue weighted by Gasteiger charge is 2.22. The molecule has 0 aliphatic heterocycles. The van der Waals surface area contributed by atoms with E-state index in [9.17, 15) is 4.79 Å². The van der Waals surface area contributed by atoms with Crippen LogP contribution in [-0.4, -0.2) is 32.6 Å². The predicted octanol–water partition coefficient (Wildman–Crippen LogP) is 2.51. The summed E-state index contributed by atoms with van der Waals surface area (Å²) in [5.74, 6) is -0.509. The first kappa shape index (κ1) is 13.9. The summed E-state index contributed by atoms with van der Waals surface area (Å²) >= 11 is 0. The Hall–Kier alpha value is -3.02. The standard InChI is InChI=1S/C16H14N4O2/c1-2-22-16(21)15-14(13-10-6-7-11-17-13)18-20(19-15)12-8-4-3-5-9-12/h3-11H,2H2,1H3. The van der Waals surface area contributed by atoms with Crippen LogP contribution in [0.1, 0.15) is 17.4 Å². The highest BCUT2D eigenvalue weighted by atomic mass is 16.5. The Kier molecular flexibility index (Phi) is 3.91. The minimum atomic E-state index is -0.509. The lowest BCUT2D eigenvalue weighted by molar-refractivity contribution is 0.0520. The first-order valence-corrected chi connectivity index (χ1v) is 6.91. The molecule has 0 saturated heterocycles. The van der Waals surface area contributed by atoms with Gasteiger partial charge in [0.2, 0.25) is 5.69 Å². The molecular formula is C16H14N4O2. The molecule has 0 aliphatic carbocycles. The highest BCUT2D eigenvalue weighted by molar-refractivity contribution is 5.93. The van der Waals surface area contributed by atoms with Crippen molar-refractivity contribution < 1.29 is 9.53 Å². The van der Waals surface area contributed by atoms with Gasteiger partial charge in [0.25, 0.3) is 0 Å². The molecule has 2 heterocycles. The fourth-order valence-corrected chi connectivity index (χ4v) is 2.00. The Bertz CT molecular complexity index is 769. The summed E-state index contributed by atoms with van der Waals surface area (Å²) in [6, 6.07) is 14.8. The van der Waals surface area contributed by atoms with Gasteiger partial charge < -0.3 is 4.74 Å². The Balaban J connectivity index is 2.11. The lowest BCUT2D eigenvalue weighted by Gasteiger charge is -1.99. The van der Waals surface area contributed by atoms with Crippen molar-refractivity contribution in [2.24, 2.45) is 0 Å². The van der Waals surface area contributed by atoms with Crippen LogP contribution in [0.2, 0.25) is 0 Å². The van der Waals surface area contributed by atoms with Gasteiger partial charge in [0.05, 0.1) is 18.0 Å². The number of hydrogen-bond donors (Lipinski definition) is 0. The molecule has 0 atom stereocenters.